The first-order chi connectivity index (χ1) is 7.33. The van der Waals surface area contributed by atoms with Gasteiger partial charge in [0.1, 0.15) is 5.82 Å². The van der Waals surface area contributed by atoms with Gasteiger partial charge >= 0.3 is 5.97 Å². The van der Waals surface area contributed by atoms with E-state index in [1.165, 1.54) is 25.1 Å². The summed E-state index contributed by atoms with van der Waals surface area (Å²) in [4.78, 5) is 10.6. The van der Waals surface area contributed by atoms with Crippen LogP contribution in [0.5, 0.6) is 0 Å². The lowest BCUT2D eigenvalue weighted by Crippen LogP contribution is -2.41. The monoisotopic (exact) mass is 339 g/mol. The zero-order valence-electron chi connectivity index (χ0n) is 8.50. The van der Waals surface area contributed by atoms with Crippen LogP contribution in [0.15, 0.2) is 18.2 Å². The summed E-state index contributed by atoms with van der Waals surface area (Å²) >= 11 is 1.92. The summed E-state index contributed by atoms with van der Waals surface area (Å²) in [6.07, 6.45) is 0. The molecular formula is C10H11FINO3. The molecule has 6 heteroatoms. The van der Waals surface area contributed by atoms with Gasteiger partial charge in [-0.05, 0) is 47.7 Å². The second kappa shape index (κ2) is 4.96. The number of aliphatic carboxylic acids is 1. The Bertz CT molecular complexity index is 409. The van der Waals surface area contributed by atoms with Crippen molar-refractivity contribution < 1.29 is 19.4 Å². The van der Waals surface area contributed by atoms with Gasteiger partial charge in [-0.3, -0.25) is 0 Å². The average Bonchev–Trinajstić information content (AvgIpc) is 2.16. The van der Waals surface area contributed by atoms with E-state index >= 15 is 0 Å². The summed E-state index contributed by atoms with van der Waals surface area (Å²) in [7, 11) is 0. The fraction of sp³-hybridized carbons (Fsp3) is 0.300. The van der Waals surface area contributed by atoms with Crippen molar-refractivity contribution in [2.24, 2.45) is 0 Å². The molecule has 3 N–H and O–H groups in total. The molecule has 88 valence electrons. The summed E-state index contributed by atoms with van der Waals surface area (Å²) in [5, 5.41) is 20.9. The lowest BCUT2D eigenvalue weighted by atomic mass is 10.1. The minimum atomic E-state index is -1.85. The van der Waals surface area contributed by atoms with Crippen LogP contribution in [0.1, 0.15) is 6.92 Å². The van der Waals surface area contributed by atoms with Crippen molar-refractivity contribution in [1.82, 2.24) is 0 Å². The predicted molar refractivity (Wildman–Crippen MR) is 65.9 cm³/mol. The van der Waals surface area contributed by atoms with Crippen molar-refractivity contribution in [1.29, 1.82) is 0 Å². The maximum atomic E-state index is 12.8. The fourth-order valence-corrected chi connectivity index (χ4v) is 1.64. The summed E-state index contributed by atoms with van der Waals surface area (Å²) < 4.78 is 13.4. The van der Waals surface area contributed by atoms with Gasteiger partial charge < -0.3 is 15.5 Å². The van der Waals surface area contributed by atoms with E-state index < -0.39 is 11.6 Å². The standard InChI is InChI=1S/C10H11FINO3/c1-10(16,9(14)15)5-13-8-3-2-6(11)4-7(8)12/h2-4,13,16H,5H2,1H3,(H,14,15). The van der Waals surface area contributed by atoms with Crippen LogP contribution in [0.2, 0.25) is 0 Å². The van der Waals surface area contributed by atoms with Gasteiger partial charge in [0.25, 0.3) is 0 Å². The number of benzene rings is 1. The zero-order chi connectivity index (χ0) is 12.3. The van der Waals surface area contributed by atoms with E-state index in [0.717, 1.165) is 0 Å². The third-order valence-corrected chi connectivity index (χ3v) is 2.91. The van der Waals surface area contributed by atoms with E-state index in [4.69, 9.17) is 5.11 Å². The maximum Gasteiger partial charge on any atom is 0.337 e. The van der Waals surface area contributed by atoms with E-state index in [2.05, 4.69) is 5.32 Å². The number of hydrogen-bond acceptors (Lipinski definition) is 3. The first-order valence-electron chi connectivity index (χ1n) is 4.47. The van der Waals surface area contributed by atoms with Crippen molar-refractivity contribution in [3.8, 4) is 0 Å². The average molecular weight is 339 g/mol. The van der Waals surface area contributed by atoms with E-state index in [1.807, 2.05) is 22.6 Å². The Morgan fingerprint density at radius 3 is 2.75 bits per heavy atom. The molecule has 1 unspecified atom stereocenters. The normalized spacial score (nSPS) is 14.2. The molecule has 16 heavy (non-hydrogen) atoms. The van der Waals surface area contributed by atoms with E-state index in [0.29, 0.717) is 9.26 Å². The molecule has 0 aliphatic rings. The Labute approximate surface area is 106 Å². The van der Waals surface area contributed by atoms with Gasteiger partial charge in [0.15, 0.2) is 5.60 Å². The molecule has 0 saturated heterocycles. The third kappa shape index (κ3) is 3.31. The highest BCUT2D eigenvalue weighted by atomic mass is 127. The summed E-state index contributed by atoms with van der Waals surface area (Å²) in [5.74, 6) is -1.67. The number of hydrogen-bond donors (Lipinski definition) is 3. The molecule has 1 aromatic carbocycles. The minimum Gasteiger partial charge on any atom is -0.479 e. The third-order valence-electron chi connectivity index (χ3n) is 2.01. The van der Waals surface area contributed by atoms with Crippen LogP contribution in [0.4, 0.5) is 10.1 Å². The van der Waals surface area contributed by atoms with Gasteiger partial charge in [0.2, 0.25) is 0 Å². The number of carboxylic acids is 1. The Kier molecular flexibility index (Phi) is 4.09. The SMILES string of the molecule is CC(O)(CNc1ccc(F)cc1I)C(=O)O. The highest BCUT2D eigenvalue weighted by Crippen LogP contribution is 2.19. The van der Waals surface area contributed by atoms with E-state index in [9.17, 15) is 14.3 Å². The number of anilines is 1. The Balaban J connectivity index is 2.72. The van der Waals surface area contributed by atoms with Crippen LogP contribution in [0.25, 0.3) is 0 Å². The van der Waals surface area contributed by atoms with Crippen LogP contribution in [0, 0.1) is 9.39 Å². The zero-order valence-corrected chi connectivity index (χ0v) is 10.7. The van der Waals surface area contributed by atoms with Crippen molar-refractivity contribution in [2.75, 3.05) is 11.9 Å². The van der Waals surface area contributed by atoms with Crippen LogP contribution in [-0.4, -0.2) is 28.3 Å². The van der Waals surface area contributed by atoms with Crippen LogP contribution < -0.4 is 5.32 Å². The molecule has 0 amide bonds. The quantitative estimate of drug-likeness (QED) is 0.730. The molecule has 0 saturated carbocycles. The second-order valence-corrected chi connectivity index (χ2v) is 4.72. The smallest absolute Gasteiger partial charge is 0.337 e. The highest BCUT2D eigenvalue weighted by Gasteiger charge is 2.29. The number of halogens is 2. The number of rotatable bonds is 4. The minimum absolute atomic E-state index is 0.149. The number of carbonyl (C=O) groups is 1. The molecule has 0 aliphatic carbocycles. The van der Waals surface area contributed by atoms with Crippen molar-refractivity contribution in [2.45, 2.75) is 12.5 Å². The Morgan fingerprint density at radius 1 is 1.62 bits per heavy atom. The van der Waals surface area contributed by atoms with Gasteiger partial charge in [0.05, 0.1) is 6.54 Å². The topological polar surface area (TPSA) is 69.6 Å². The van der Waals surface area contributed by atoms with Crippen LogP contribution in [0.3, 0.4) is 0 Å². The number of carboxylic acid groups (broad SMARTS) is 1. The molecule has 0 spiro atoms. The molecule has 1 atom stereocenters. The van der Waals surface area contributed by atoms with Gasteiger partial charge in [-0.25, -0.2) is 9.18 Å². The predicted octanol–water partition coefficient (Wildman–Crippen LogP) is 1.68. The Hall–Kier alpha value is -0.890. The van der Waals surface area contributed by atoms with Crippen LogP contribution in [-0.2, 0) is 4.79 Å². The van der Waals surface area contributed by atoms with E-state index in [1.54, 1.807) is 0 Å². The second-order valence-electron chi connectivity index (χ2n) is 3.56. The van der Waals surface area contributed by atoms with Crippen molar-refractivity contribution >= 4 is 34.2 Å². The first kappa shape index (κ1) is 13.2. The van der Waals surface area contributed by atoms with E-state index in [-0.39, 0.29) is 12.4 Å². The first-order valence-corrected chi connectivity index (χ1v) is 5.55. The lowest BCUT2D eigenvalue weighted by molar-refractivity contribution is -0.155. The molecule has 0 fully saturated rings. The molecule has 0 aliphatic heterocycles. The molecular weight excluding hydrogens is 328 g/mol. The molecule has 1 rings (SSSR count). The molecule has 1 aromatic rings. The largest absolute Gasteiger partial charge is 0.479 e. The molecule has 0 radical (unpaired) electrons. The molecule has 0 heterocycles. The summed E-state index contributed by atoms with van der Waals surface area (Å²) in [6, 6.07) is 4.08. The molecule has 4 nitrogen and oxygen atoms in total. The van der Waals surface area contributed by atoms with Gasteiger partial charge in [-0.1, -0.05) is 0 Å². The van der Waals surface area contributed by atoms with Crippen LogP contribution >= 0.6 is 22.6 Å². The number of aliphatic hydroxyl groups is 1. The fourth-order valence-electron chi connectivity index (χ4n) is 0.976. The van der Waals surface area contributed by atoms with Crippen molar-refractivity contribution in [3.63, 3.8) is 0 Å². The number of nitrogens with one attached hydrogen (secondary N) is 1. The molecule has 0 aromatic heterocycles. The summed E-state index contributed by atoms with van der Waals surface area (Å²) in [5.41, 5.74) is -1.26. The Morgan fingerprint density at radius 2 is 2.25 bits per heavy atom. The van der Waals surface area contributed by atoms with Gasteiger partial charge in [-0.2, -0.15) is 0 Å². The lowest BCUT2D eigenvalue weighted by Gasteiger charge is -2.19. The van der Waals surface area contributed by atoms with Gasteiger partial charge in [-0.15, -0.1) is 0 Å². The highest BCUT2D eigenvalue weighted by molar-refractivity contribution is 14.1. The molecule has 0 bridgehead atoms. The van der Waals surface area contributed by atoms with Crippen molar-refractivity contribution in [3.05, 3.63) is 27.6 Å². The van der Waals surface area contributed by atoms with Gasteiger partial charge in [0, 0.05) is 9.26 Å². The maximum absolute atomic E-state index is 12.8. The summed E-state index contributed by atoms with van der Waals surface area (Å²) in [6.45, 7) is 1.04.